The maximum absolute atomic E-state index is 13.7. The third-order valence-corrected chi connectivity index (χ3v) is 6.58. The number of carbonyl (C=O) groups is 1. The molecule has 156 valence electrons. The van der Waals surface area contributed by atoms with Gasteiger partial charge in [-0.3, -0.25) is 4.79 Å². The standard InChI is InChI=1S/C22H28N2O4S/c1-16(25)28-22-15-17(13-14-23(2)3)20-7-5-6-8-21(20)29(26)24(22)18-9-11-19(27-4)12-10-18/h5-12,17,22H,13-15H2,1-4H3/t17?,22-,29?/m0/s1. The highest BCUT2D eigenvalue weighted by atomic mass is 32.2. The lowest BCUT2D eigenvalue weighted by Gasteiger charge is -2.31. The van der Waals surface area contributed by atoms with Crippen molar-refractivity contribution in [2.75, 3.05) is 32.1 Å². The summed E-state index contributed by atoms with van der Waals surface area (Å²) < 4.78 is 26.3. The second-order valence-electron chi connectivity index (χ2n) is 7.40. The van der Waals surface area contributed by atoms with Crippen molar-refractivity contribution in [3.63, 3.8) is 0 Å². The third-order valence-electron chi connectivity index (χ3n) is 5.03. The highest BCUT2D eigenvalue weighted by Crippen LogP contribution is 2.40. The lowest BCUT2D eigenvalue weighted by atomic mass is 9.91. The van der Waals surface area contributed by atoms with Crippen molar-refractivity contribution in [3.05, 3.63) is 54.1 Å². The van der Waals surface area contributed by atoms with E-state index in [1.807, 2.05) is 62.6 Å². The van der Waals surface area contributed by atoms with Gasteiger partial charge in [0.05, 0.1) is 12.8 Å². The van der Waals surface area contributed by atoms with E-state index in [2.05, 4.69) is 4.90 Å². The molecular formula is C22H28N2O4S. The van der Waals surface area contributed by atoms with E-state index in [0.29, 0.717) is 12.2 Å². The second kappa shape index (κ2) is 9.52. The summed E-state index contributed by atoms with van der Waals surface area (Å²) in [6, 6.07) is 15.1. The van der Waals surface area contributed by atoms with Crippen LogP contribution in [0.4, 0.5) is 5.69 Å². The summed E-state index contributed by atoms with van der Waals surface area (Å²) in [4.78, 5) is 14.8. The zero-order valence-electron chi connectivity index (χ0n) is 17.3. The Bertz CT molecular complexity index is 828. The molecule has 0 aromatic heterocycles. The molecule has 29 heavy (non-hydrogen) atoms. The van der Waals surface area contributed by atoms with Gasteiger partial charge in [-0.1, -0.05) is 18.2 Å². The number of ether oxygens (including phenoxy) is 2. The van der Waals surface area contributed by atoms with Crippen LogP contribution in [0.2, 0.25) is 0 Å². The summed E-state index contributed by atoms with van der Waals surface area (Å²) in [5, 5.41) is 0. The van der Waals surface area contributed by atoms with Crippen molar-refractivity contribution >= 4 is 23.0 Å². The predicted octanol–water partition coefficient (Wildman–Crippen LogP) is 3.55. The van der Waals surface area contributed by atoms with Crippen molar-refractivity contribution in [2.24, 2.45) is 0 Å². The molecule has 2 aromatic rings. The van der Waals surface area contributed by atoms with Crippen molar-refractivity contribution in [3.8, 4) is 5.75 Å². The third kappa shape index (κ3) is 5.04. The molecule has 2 unspecified atom stereocenters. The summed E-state index contributed by atoms with van der Waals surface area (Å²) in [6.45, 7) is 2.28. The summed E-state index contributed by atoms with van der Waals surface area (Å²) in [6.07, 6.45) is 0.832. The van der Waals surface area contributed by atoms with Crippen LogP contribution in [0.15, 0.2) is 53.4 Å². The molecule has 7 heteroatoms. The van der Waals surface area contributed by atoms with Crippen LogP contribution >= 0.6 is 0 Å². The molecule has 0 radical (unpaired) electrons. The van der Waals surface area contributed by atoms with E-state index in [-0.39, 0.29) is 11.9 Å². The number of carbonyl (C=O) groups excluding carboxylic acids is 1. The number of hydrogen-bond donors (Lipinski definition) is 0. The average molecular weight is 417 g/mol. The van der Waals surface area contributed by atoms with Gasteiger partial charge in [0.25, 0.3) is 0 Å². The lowest BCUT2D eigenvalue weighted by Crippen LogP contribution is -2.42. The molecule has 0 spiro atoms. The van der Waals surface area contributed by atoms with Crippen molar-refractivity contribution < 1.29 is 18.8 Å². The molecule has 6 nitrogen and oxygen atoms in total. The molecule has 3 atom stereocenters. The molecular weight excluding hydrogens is 388 g/mol. The van der Waals surface area contributed by atoms with E-state index in [1.165, 1.54) is 6.92 Å². The van der Waals surface area contributed by atoms with E-state index in [0.717, 1.165) is 29.1 Å². The summed E-state index contributed by atoms with van der Waals surface area (Å²) in [7, 11) is 5.67. The number of esters is 1. The predicted molar refractivity (Wildman–Crippen MR) is 114 cm³/mol. The van der Waals surface area contributed by atoms with Crippen LogP contribution in [0.25, 0.3) is 0 Å². The molecule has 0 aliphatic carbocycles. The normalized spacial score (nSPS) is 21.4. The van der Waals surface area contributed by atoms with Crippen molar-refractivity contribution in [1.29, 1.82) is 0 Å². The van der Waals surface area contributed by atoms with Gasteiger partial charge in [0.1, 0.15) is 17.1 Å². The molecule has 0 fully saturated rings. The minimum absolute atomic E-state index is 0.130. The maximum Gasteiger partial charge on any atom is 0.304 e. The van der Waals surface area contributed by atoms with E-state index in [1.54, 1.807) is 11.4 Å². The van der Waals surface area contributed by atoms with Crippen molar-refractivity contribution in [2.45, 2.75) is 36.8 Å². The highest BCUT2D eigenvalue weighted by molar-refractivity contribution is 7.93. The molecule has 1 heterocycles. The highest BCUT2D eigenvalue weighted by Gasteiger charge is 2.41. The van der Waals surface area contributed by atoms with Crippen LogP contribution in [0.3, 0.4) is 0 Å². The molecule has 2 aromatic carbocycles. The van der Waals surface area contributed by atoms with Gasteiger partial charge in [0.2, 0.25) is 6.23 Å². The molecule has 0 N–H and O–H groups in total. The first-order chi connectivity index (χ1) is 13.9. The first kappa shape index (κ1) is 21.5. The number of rotatable bonds is 6. The monoisotopic (exact) mass is 416 g/mol. The van der Waals surface area contributed by atoms with E-state index in [9.17, 15) is 9.35 Å². The second-order valence-corrected chi connectivity index (χ2v) is 8.73. The zero-order chi connectivity index (χ0) is 21.0. The minimum Gasteiger partial charge on any atom is -0.588 e. The topological polar surface area (TPSA) is 65.1 Å². The smallest absolute Gasteiger partial charge is 0.304 e. The molecule has 0 bridgehead atoms. The SMILES string of the molecule is COc1ccc(N2[C@@H](OC(C)=O)CC(CCN(C)C)c3ccccc3[S+]2[O-])cc1. The van der Waals surface area contributed by atoms with Crippen LogP contribution in [0.5, 0.6) is 5.75 Å². The fraction of sp³-hybridized carbons (Fsp3) is 0.409. The summed E-state index contributed by atoms with van der Waals surface area (Å²) in [5.74, 6) is 0.454. The van der Waals surface area contributed by atoms with Gasteiger partial charge in [-0.2, -0.15) is 0 Å². The van der Waals surface area contributed by atoms with Gasteiger partial charge < -0.3 is 18.9 Å². The molecule has 1 aliphatic rings. The number of benzene rings is 2. The molecule has 0 saturated carbocycles. The number of nitrogens with zero attached hydrogens (tertiary/aromatic N) is 2. The van der Waals surface area contributed by atoms with Crippen LogP contribution in [0, 0.1) is 0 Å². The summed E-state index contributed by atoms with van der Waals surface area (Å²) >= 11 is -1.51. The quantitative estimate of drug-likeness (QED) is 0.530. The Kier molecular flexibility index (Phi) is 7.05. The number of fused-ring (bicyclic) bond motifs is 1. The summed E-state index contributed by atoms with van der Waals surface area (Å²) in [5.41, 5.74) is 1.78. The maximum atomic E-state index is 13.7. The van der Waals surface area contributed by atoms with Gasteiger partial charge in [-0.05, 0) is 63.3 Å². The first-order valence-electron chi connectivity index (χ1n) is 9.66. The Balaban J connectivity index is 2.04. The molecule has 3 rings (SSSR count). The first-order valence-corrected chi connectivity index (χ1v) is 10.8. The van der Waals surface area contributed by atoms with Crippen LogP contribution in [0.1, 0.15) is 31.2 Å². The number of hydrogen-bond acceptors (Lipinski definition) is 6. The Morgan fingerprint density at radius 1 is 1.21 bits per heavy atom. The van der Waals surface area contributed by atoms with Crippen LogP contribution in [-0.2, 0) is 20.9 Å². The lowest BCUT2D eigenvalue weighted by molar-refractivity contribution is -0.146. The van der Waals surface area contributed by atoms with E-state index < -0.39 is 17.6 Å². The van der Waals surface area contributed by atoms with Crippen LogP contribution < -0.4 is 9.04 Å². The fourth-order valence-corrected chi connectivity index (χ4v) is 5.12. The Hall–Kier alpha value is -2.22. The zero-order valence-corrected chi connectivity index (χ0v) is 18.1. The Labute approximate surface area is 175 Å². The van der Waals surface area contributed by atoms with Gasteiger partial charge in [0.15, 0.2) is 4.90 Å². The van der Waals surface area contributed by atoms with Crippen LogP contribution in [-0.4, -0.2) is 49.4 Å². The largest absolute Gasteiger partial charge is 0.588 e. The minimum atomic E-state index is -1.51. The van der Waals surface area contributed by atoms with Gasteiger partial charge in [-0.25, -0.2) is 0 Å². The van der Waals surface area contributed by atoms with Gasteiger partial charge >= 0.3 is 5.97 Å². The van der Waals surface area contributed by atoms with E-state index >= 15 is 0 Å². The molecule has 1 aliphatic heterocycles. The Morgan fingerprint density at radius 3 is 2.52 bits per heavy atom. The van der Waals surface area contributed by atoms with Gasteiger partial charge in [0, 0.05) is 18.9 Å². The molecule has 0 saturated heterocycles. The fourth-order valence-electron chi connectivity index (χ4n) is 3.62. The Morgan fingerprint density at radius 2 is 1.90 bits per heavy atom. The van der Waals surface area contributed by atoms with Crippen molar-refractivity contribution in [1.82, 2.24) is 4.90 Å². The van der Waals surface area contributed by atoms with Gasteiger partial charge in [-0.15, -0.1) is 4.31 Å². The number of anilines is 1. The van der Waals surface area contributed by atoms with E-state index in [4.69, 9.17) is 9.47 Å². The number of methoxy groups -OCH3 is 1. The molecule has 0 amide bonds. The average Bonchev–Trinajstić information content (AvgIpc) is 2.81.